The zero-order valence-electron chi connectivity index (χ0n) is 25.3. The molecular weight excluding hydrogens is 552 g/mol. The molecule has 43 heavy (non-hydrogen) atoms. The summed E-state index contributed by atoms with van der Waals surface area (Å²) in [4.78, 5) is 72.6. The van der Waals surface area contributed by atoms with Gasteiger partial charge in [0.05, 0.1) is 11.1 Å². The monoisotopic (exact) mass is 594 g/mol. The summed E-state index contributed by atoms with van der Waals surface area (Å²) in [7, 11) is 0. The predicted molar refractivity (Wildman–Crippen MR) is 158 cm³/mol. The molecule has 0 aliphatic carbocycles. The Morgan fingerprint density at radius 1 is 0.907 bits per heavy atom. The van der Waals surface area contributed by atoms with Crippen LogP contribution in [0.3, 0.4) is 0 Å². The number of nitrogens with one attached hydrogen (secondary N) is 1. The molecule has 5 amide bonds. The van der Waals surface area contributed by atoms with E-state index in [2.05, 4.69) is 20.0 Å². The zero-order chi connectivity index (χ0) is 30.5. The van der Waals surface area contributed by atoms with E-state index in [1.165, 1.54) is 0 Å². The Kier molecular flexibility index (Phi) is 7.93. The van der Waals surface area contributed by atoms with Gasteiger partial charge in [0, 0.05) is 83.0 Å². The van der Waals surface area contributed by atoms with Gasteiger partial charge in [0.15, 0.2) is 0 Å². The van der Waals surface area contributed by atoms with Crippen LogP contribution >= 0.6 is 0 Å². The molecule has 12 nitrogen and oxygen atoms in total. The number of rotatable bonds is 5. The number of fused-ring (bicyclic) bond motifs is 1. The predicted octanol–water partition coefficient (Wildman–Crippen LogP) is 1.54. The van der Waals surface area contributed by atoms with E-state index >= 15 is 0 Å². The fourth-order valence-corrected chi connectivity index (χ4v) is 6.98. The van der Waals surface area contributed by atoms with E-state index in [1.54, 1.807) is 17.0 Å². The van der Waals surface area contributed by atoms with Gasteiger partial charge < -0.3 is 19.4 Å². The number of imide groups is 2. The van der Waals surface area contributed by atoms with Crippen LogP contribution in [0.25, 0.3) is 0 Å². The minimum atomic E-state index is -0.953. The van der Waals surface area contributed by atoms with Crippen molar-refractivity contribution in [2.24, 2.45) is 5.92 Å². The molecule has 0 spiro atoms. The number of piperazine rings is 1. The van der Waals surface area contributed by atoms with Gasteiger partial charge in [-0.25, -0.2) is 4.79 Å². The number of anilines is 1. The van der Waals surface area contributed by atoms with Crippen LogP contribution in [0.15, 0.2) is 18.2 Å². The number of nitrogens with zero attached hydrogens (tertiary/aromatic N) is 5. The first-order valence-electron chi connectivity index (χ1n) is 15.5. The molecule has 0 aromatic heterocycles. The number of piperidine rings is 2. The third kappa shape index (κ3) is 6.12. The molecule has 1 atom stereocenters. The molecular formula is C31H42N6O6. The fraction of sp³-hybridized carbons (Fsp3) is 0.645. The molecule has 1 N–H and O–H groups in total. The minimum Gasteiger partial charge on any atom is -0.444 e. The summed E-state index contributed by atoms with van der Waals surface area (Å²) < 4.78 is 5.47. The molecule has 5 heterocycles. The zero-order valence-corrected chi connectivity index (χ0v) is 25.3. The molecule has 5 aliphatic rings. The molecule has 1 unspecified atom stereocenters. The third-order valence-corrected chi connectivity index (χ3v) is 9.30. The summed E-state index contributed by atoms with van der Waals surface area (Å²) in [6.45, 7) is 14.1. The Morgan fingerprint density at radius 3 is 2.23 bits per heavy atom. The Morgan fingerprint density at radius 2 is 1.58 bits per heavy atom. The van der Waals surface area contributed by atoms with Crippen molar-refractivity contribution < 1.29 is 28.7 Å². The van der Waals surface area contributed by atoms with E-state index in [1.807, 2.05) is 26.8 Å². The average Bonchev–Trinajstić information content (AvgIpc) is 3.19. The van der Waals surface area contributed by atoms with Gasteiger partial charge in [-0.2, -0.15) is 0 Å². The molecule has 6 rings (SSSR count). The van der Waals surface area contributed by atoms with Crippen LogP contribution in [0.5, 0.6) is 0 Å². The second-order valence-electron chi connectivity index (χ2n) is 13.5. The second-order valence-corrected chi connectivity index (χ2v) is 13.5. The molecule has 5 aliphatic heterocycles. The number of carbonyl (C=O) groups is 5. The van der Waals surface area contributed by atoms with Crippen molar-refractivity contribution in [1.82, 2.24) is 24.9 Å². The van der Waals surface area contributed by atoms with E-state index in [0.29, 0.717) is 23.1 Å². The van der Waals surface area contributed by atoms with Gasteiger partial charge in [-0.1, -0.05) is 0 Å². The standard InChI is InChI=1S/C31H42N6O6/c1-31(2,3)43-30(42)36-18-20(19-36)17-33-12-14-35(15-13-33)21-8-10-34(11-9-21)22-4-5-23-24(16-22)29(41)37(28(23)40)25-6-7-26(38)32-27(25)39/h4-5,16,20-21,25H,6-15,17-19H2,1-3H3,(H,32,38,39). The molecule has 1 aromatic rings. The molecule has 4 fully saturated rings. The highest BCUT2D eigenvalue weighted by Gasteiger charge is 2.45. The summed E-state index contributed by atoms with van der Waals surface area (Å²) in [6, 6.07) is 4.93. The molecule has 4 saturated heterocycles. The smallest absolute Gasteiger partial charge is 0.410 e. The first kappa shape index (κ1) is 29.6. The Hall–Kier alpha value is -3.51. The highest BCUT2D eigenvalue weighted by atomic mass is 16.6. The van der Waals surface area contributed by atoms with E-state index in [9.17, 15) is 24.0 Å². The Balaban J connectivity index is 0.960. The number of hydrogen-bond acceptors (Lipinski definition) is 9. The summed E-state index contributed by atoms with van der Waals surface area (Å²) in [5.74, 6) is -1.41. The number of benzene rings is 1. The van der Waals surface area contributed by atoms with Crippen LogP contribution in [0.2, 0.25) is 0 Å². The lowest BCUT2D eigenvalue weighted by molar-refractivity contribution is -0.136. The first-order chi connectivity index (χ1) is 20.5. The van der Waals surface area contributed by atoms with Gasteiger partial charge in [-0.15, -0.1) is 0 Å². The molecule has 12 heteroatoms. The topological polar surface area (TPSA) is 123 Å². The second kappa shape index (κ2) is 11.5. The van der Waals surface area contributed by atoms with Gasteiger partial charge in [-0.3, -0.25) is 34.3 Å². The van der Waals surface area contributed by atoms with E-state index in [0.717, 1.165) is 82.3 Å². The SMILES string of the molecule is CC(C)(C)OC(=O)N1CC(CN2CCN(C3CCN(c4ccc5c(c4)C(=O)N(C4CCC(=O)NC4=O)C5=O)CC3)CC2)C1. The fourth-order valence-electron chi connectivity index (χ4n) is 6.98. The first-order valence-corrected chi connectivity index (χ1v) is 15.5. The van der Waals surface area contributed by atoms with E-state index < -0.39 is 29.4 Å². The van der Waals surface area contributed by atoms with E-state index in [-0.39, 0.29) is 24.8 Å². The maximum atomic E-state index is 13.2. The van der Waals surface area contributed by atoms with Crippen molar-refractivity contribution in [2.45, 2.75) is 64.1 Å². The molecule has 0 saturated carbocycles. The summed E-state index contributed by atoms with van der Waals surface area (Å²) in [5, 5.41) is 2.24. The highest BCUT2D eigenvalue weighted by Crippen LogP contribution is 2.32. The van der Waals surface area contributed by atoms with Crippen LogP contribution < -0.4 is 10.2 Å². The largest absolute Gasteiger partial charge is 0.444 e. The van der Waals surface area contributed by atoms with Crippen molar-refractivity contribution in [3.63, 3.8) is 0 Å². The molecule has 0 bridgehead atoms. The van der Waals surface area contributed by atoms with Crippen molar-refractivity contribution in [3.05, 3.63) is 29.3 Å². The van der Waals surface area contributed by atoms with Crippen molar-refractivity contribution in [1.29, 1.82) is 0 Å². The minimum absolute atomic E-state index is 0.105. The number of likely N-dealkylation sites (tertiary alicyclic amines) is 1. The normalized spacial score (nSPS) is 24.7. The summed E-state index contributed by atoms with van der Waals surface area (Å²) in [5.41, 5.74) is 1.09. The Bertz CT molecular complexity index is 1300. The van der Waals surface area contributed by atoms with Crippen molar-refractivity contribution in [2.75, 3.05) is 63.8 Å². The Labute approximate surface area is 252 Å². The van der Waals surface area contributed by atoms with Gasteiger partial charge in [0.25, 0.3) is 11.8 Å². The maximum absolute atomic E-state index is 13.2. The van der Waals surface area contributed by atoms with Gasteiger partial charge >= 0.3 is 6.09 Å². The van der Waals surface area contributed by atoms with E-state index in [4.69, 9.17) is 4.74 Å². The van der Waals surface area contributed by atoms with Gasteiger partial charge in [-0.05, 0) is 58.2 Å². The molecule has 232 valence electrons. The van der Waals surface area contributed by atoms with Crippen LogP contribution in [0, 0.1) is 5.92 Å². The number of ether oxygens (including phenoxy) is 1. The third-order valence-electron chi connectivity index (χ3n) is 9.30. The van der Waals surface area contributed by atoms with Crippen LogP contribution in [0.1, 0.15) is 67.2 Å². The quantitative estimate of drug-likeness (QED) is 0.506. The van der Waals surface area contributed by atoms with Crippen LogP contribution in [-0.2, 0) is 14.3 Å². The van der Waals surface area contributed by atoms with Crippen molar-refractivity contribution >= 4 is 35.4 Å². The average molecular weight is 595 g/mol. The summed E-state index contributed by atoms with van der Waals surface area (Å²) in [6.07, 6.45) is 2.10. The summed E-state index contributed by atoms with van der Waals surface area (Å²) >= 11 is 0. The van der Waals surface area contributed by atoms with Gasteiger partial charge in [0.2, 0.25) is 11.8 Å². The lowest BCUT2D eigenvalue weighted by Crippen LogP contribution is -2.58. The lowest BCUT2D eigenvalue weighted by atomic mass is 9.98. The highest BCUT2D eigenvalue weighted by molar-refractivity contribution is 6.23. The maximum Gasteiger partial charge on any atom is 0.410 e. The number of carbonyl (C=O) groups excluding carboxylic acids is 5. The lowest BCUT2D eigenvalue weighted by Gasteiger charge is -2.46. The number of hydrogen-bond donors (Lipinski definition) is 1. The van der Waals surface area contributed by atoms with Crippen LogP contribution in [0.4, 0.5) is 10.5 Å². The number of amides is 5. The van der Waals surface area contributed by atoms with Gasteiger partial charge in [0.1, 0.15) is 11.6 Å². The molecule has 1 aromatic carbocycles. The molecule has 0 radical (unpaired) electrons. The van der Waals surface area contributed by atoms with Crippen LogP contribution in [-0.4, -0.2) is 126 Å². The van der Waals surface area contributed by atoms with Crippen molar-refractivity contribution in [3.8, 4) is 0 Å².